The summed E-state index contributed by atoms with van der Waals surface area (Å²) in [5, 5.41) is 23.0. The van der Waals surface area contributed by atoms with Crippen LogP contribution in [0.1, 0.15) is 31.2 Å². The number of benzene rings is 2. The van der Waals surface area contributed by atoms with Crippen molar-refractivity contribution in [1.82, 2.24) is 9.80 Å². The molecule has 0 unspecified atom stereocenters. The lowest BCUT2D eigenvalue weighted by Gasteiger charge is -2.42. The molecule has 1 heterocycles. The summed E-state index contributed by atoms with van der Waals surface area (Å²) in [6.45, 7) is 1.87. The van der Waals surface area contributed by atoms with Gasteiger partial charge in [0, 0.05) is 37.8 Å². The minimum atomic E-state index is -1.50. The molecule has 1 saturated heterocycles. The highest BCUT2D eigenvalue weighted by Crippen LogP contribution is 2.42. The number of rotatable bonds is 4. The van der Waals surface area contributed by atoms with E-state index in [1.54, 1.807) is 17.0 Å². The second kappa shape index (κ2) is 9.06. The van der Waals surface area contributed by atoms with E-state index < -0.39 is 5.60 Å². The molecule has 6 nitrogen and oxygen atoms in total. The monoisotopic (exact) mass is 424 g/mol. The van der Waals surface area contributed by atoms with Crippen LogP contribution >= 0.6 is 0 Å². The average molecular weight is 425 g/mol. The van der Waals surface area contributed by atoms with E-state index in [1.165, 1.54) is 12.1 Å². The predicted octanol–water partition coefficient (Wildman–Crippen LogP) is 3.39. The smallest absolute Gasteiger partial charge is 0.259 e. The lowest BCUT2D eigenvalue weighted by atomic mass is 9.79. The fraction of sp³-hybridized carbons (Fsp3) is 0.417. The van der Waals surface area contributed by atoms with Gasteiger partial charge in [0.1, 0.15) is 5.82 Å². The number of halogens is 1. The summed E-state index contributed by atoms with van der Waals surface area (Å²) in [5.74, 6) is -0.410. The highest BCUT2D eigenvalue weighted by molar-refractivity contribution is 5.91. The van der Waals surface area contributed by atoms with Crippen LogP contribution in [-0.2, 0) is 10.4 Å². The van der Waals surface area contributed by atoms with Crippen molar-refractivity contribution >= 4 is 17.6 Å². The zero-order chi connectivity index (χ0) is 21.8. The van der Waals surface area contributed by atoms with Gasteiger partial charge in [-0.15, -0.1) is 0 Å². The third-order valence-corrected chi connectivity index (χ3v) is 6.48. The number of carbonyl (C=O) groups excluding carboxylic acids is 1. The molecule has 0 radical (unpaired) electrons. The van der Waals surface area contributed by atoms with Crippen LogP contribution in [0.2, 0.25) is 0 Å². The van der Waals surface area contributed by atoms with Crippen LogP contribution in [0.15, 0.2) is 54.6 Å². The topological polar surface area (TPSA) is 79.7 Å². The lowest BCUT2D eigenvalue weighted by Crippen LogP contribution is -2.58. The molecule has 2 aliphatic rings. The number of aliphatic hydroxyl groups is 1. The highest BCUT2D eigenvalue weighted by atomic mass is 19.1. The zero-order valence-corrected chi connectivity index (χ0v) is 17.6. The Morgan fingerprint density at radius 3 is 2.16 bits per heavy atom. The van der Waals surface area contributed by atoms with Gasteiger partial charge in [-0.2, -0.15) is 0 Å². The van der Waals surface area contributed by atoms with Crippen molar-refractivity contribution in [3.05, 3.63) is 66.0 Å². The Kier molecular flexibility index (Phi) is 6.23. The average Bonchev–Trinajstić information content (AvgIpc) is 3.36. The molecule has 1 aliphatic heterocycles. The maximum atomic E-state index is 13.6. The Hall–Kier alpha value is -2.93. The second-order valence-corrected chi connectivity index (χ2v) is 8.37. The first kappa shape index (κ1) is 21.3. The van der Waals surface area contributed by atoms with Gasteiger partial charge < -0.3 is 20.2 Å². The third kappa shape index (κ3) is 4.42. The van der Waals surface area contributed by atoms with Crippen molar-refractivity contribution in [3.63, 3.8) is 0 Å². The minimum Gasteiger partial charge on any atom is -0.375 e. The molecule has 2 aromatic rings. The normalized spacial score (nSPS) is 19.2. The first-order valence-corrected chi connectivity index (χ1v) is 10.9. The SMILES string of the molecule is N=C(Nc1ccc(F)cc1)N1CCN(C(=O)[C@](O)(c2ccccc2)C2CCCC2)CC1. The molecular formula is C24H29FN4O2. The maximum Gasteiger partial charge on any atom is 0.259 e. The van der Waals surface area contributed by atoms with E-state index in [1.807, 2.05) is 35.2 Å². The van der Waals surface area contributed by atoms with Crippen molar-refractivity contribution < 1.29 is 14.3 Å². The van der Waals surface area contributed by atoms with Crippen LogP contribution in [0.5, 0.6) is 0 Å². The number of hydrogen-bond acceptors (Lipinski definition) is 3. The Bertz CT molecular complexity index is 907. The van der Waals surface area contributed by atoms with E-state index in [0.717, 1.165) is 25.7 Å². The standard InChI is InChI=1S/C24H29FN4O2/c25-20-10-12-21(13-11-20)27-23(26)29-16-14-28(15-17-29)22(30)24(31,19-8-4-5-9-19)18-6-2-1-3-7-18/h1-3,6-7,10-13,19,31H,4-5,8-9,14-17H2,(H2,26,27)/t24-/m0/s1. The van der Waals surface area contributed by atoms with Gasteiger partial charge in [-0.3, -0.25) is 10.2 Å². The number of guanidine groups is 1. The van der Waals surface area contributed by atoms with Gasteiger partial charge in [0.05, 0.1) is 0 Å². The van der Waals surface area contributed by atoms with Crippen LogP contribution in [0.25, 0.3) is 0 Å². The van der Waals surface area contributed by atoms with Crippen LogP contribution in [0.4, 0.5) is 10.1 Å². The van der Waals surface area contributed by atoms with Gasteiger partial charge >= 0.3 is 0 Å². The van der Waals surface area contributed by atoms with Crippen molar-refractivity contribution in [2.45, 2.75) is 31.3 Å². The molecule has 164 valence electrons. The summed E-state index contributed by atoms with van der Waals surface area (Å²) in [5.41, 5.74) is -0.190. The Balaban J connectivity index is 1.42. The van der Waals surface area contributed by atoms with Crippen LogP contribution in [0, 0.1) is 17.1 Å². The summed E-state index contributed by atoms with van der Waals surface area (Å²) in [4.78, 5) is 17.1. The van der Waals surface area contributed by atoms with Crippen molar-refractivity contribution in [2.24, 2.45) is 5.92 Å². The van der Waals surface area contributed by atoms with Crippen LogP contribution < -0.4 is 5.32 Å². The molecule has 4 rings (SSSR count). The Labute approximate surface area is 182 Å². The van der Waals surface area contributed by atoms with Gasteiger partial charge in [0.25, 0.3) is 5.91 Å². The molecule has 1 saturated carbocycles. The summed E-state index contributed by atoms with van der Waals surface area (Å²) in [6, 6.07) is 15.2. The number of carbonyl (C=O) groups is 1. The van der Waals surface area contributed by atoms with E-state index in [-0.39, 0.29) is 23.6 Å². The van der Waals surface area contributed by atoms with E-state index >= 15 is 0 Å². The first-order chi connectivity index (χ1) is 15.0. The summed E-state index contributed by atoms with van der Waals surface area (Å²) in [7, 11) is 0. The molecule has 0 bridgehead atoms. The van der Waals surface area contributed by atoms with E-state index in [0.29, 0.717) is 37.4 Å². The lowest BCUT2D eigenvalue weighted by molar-refractivity contribution is -0.160. The fourth-order valence-electron chi connectivity index (χ4n) is 4.69. The van der Waals surface area contributed by atoms with Gasteiger partial charge in [0.2, 0.25) is 0 Å². The molecule has 31 heavy (non-hydrogen) atoms. The molecule has 1 aliphatic carbocycles. The molecule has 3 N–H and O–H groups in total. The number of amides is 1. The number of nitrogens with zero attached hydrogens (tertiary/aromatic N) is 2. The number of hydrogen-bond donors (Lipinski definition) is 3. The molecule has 1 atom stereocenters. The quantitative estimate of drug-likeness (QED) is 0.519. The zero-order valence-electron chi connectivity index (χ0n) is 17.6. The minimum absolute atomic E-state index is 0.0705. The third-order valence-electron chi connectivity index (χ3n) is 6.48. The van der Waals surface area contributed by atoms with E-state index in [2.05, 4.69) is 5.32 Å². The Morgan fingerprint density at radius 2 is 1.55 bits per heavy atom. The van der Waals surface area contributed by atoms with Gasteiger partial charge in [0.15, 0.2) is 11.6 Å². The van der Waals surface area contributed by atoms with Crippen LogP contribution in [0.3, 0.4) is 0 Å². The molecular weight excluding hydrogens is 395 g/mol. The van der Waals surface area contributed by atoms with Crippen molar-refractivity contribution in [1.29, 1.82) is 5.41 Å². The van der Waals surface area contributed by atoms with Gasteiger partial charge in [-0.25, -0.2) is 4.39 Å². The first-order valence-electron chi connectivity index (χ1n) is 10.9. The summed E-state index contributed by atoms with van der Waals surface area (Å²) in [6.07, 6.45) is 3.77. The number of nitrogens with one attached hydrogen (secondary N) is 2. The molecule has 7 heteroatoms. The Morgan fingerprint density at radius 1 is 0.968 bits per heavy atom. The number of piperazine rings is 1. The fourth-order valence-corrected chi connectivity index (χ4v) is 4.69. The molecule has 2 aromatic carbocycles. The molecule has 0 aromatic heterocycles. The van der Waals surface area contributed by atoms with Gasteiger partial charge in [-0.05, 0) is 42.7 Å². The number of anilines is 1. The molecule has 0 spiro atoms. The molecule has 1 amide bonds. The summed E-state index contributed by atoms with van der Waals surface area (Å²) < 4.78 is 13.1. The van der Waals surface area contributed by atoms with E-state index in [4.69, 9.17) is 5.41 Å². The van der Waals surface area contributed by atoms with Gasteiger partial charge in [-0.1, -0.05) is 43.2 Å². The molecule has 2 fully saturated rings. The van der Waals surface area contributed by atoms with Crippen LogP contribution in [-0.4, -0.2) is 53.0 Å². The predicted molar refractivity (Wildman–Crippen MR) is 118 cm³/mol. The largest absolute Gasteiger partial charge is 0.375 e. The van der Waals surface area contributed by atoms with Crippen molar-refractivity contribution in [2.75, 3.05) is 31.5 Å². The van der Waals surface area contributed by atoms with Crippen molar-refractivity contribution in [3.8, 4) is 0 Å². The maximum absolute atomic E-state index is 13.6. The van der Waals surface area contributed by atoms with E-state index in [9.17, 15) is 14.3 Å². The summed E-state index contributed by atoms with van der Waals surface area (Å²) >= 11 is 0. The highest BCUT2D eigenvalue weighted by Gasteiger charge is 2.48. The second-order valence-electron chi connectivity index (χ2n) is 8.37.